The largest absolute Gasteiger partial charge is 0.491 e. The fourth-order valence-electron chi connectivity index (χ4n) is 3.52. The molecule has 0 radical (unpaired) electrons. The second-order valence-electron chi connectivity index (χ2n) is 8.31. The van der Waals surface area contributed by atoms with Crippen molar-refractivity contribution in [1.29, 1.82) is 0 Å². The fourth-order valence-corrected chi connectivity index (χ4v) is 4.91. The van der Waals surface area contributed by atoms with Gasteiger partial charge in [0, 0.05) is 21.2 Å². The maximum Gasteiger partial charge on any atom is 0.251 e. The fraction of sp³-hybridized carbons (Fsp3) is 0.269. The molecule has 0 atom stereocenters. The Morgan fingerprint density at radius 2 is 1.60 bits per heavy atom. The van der Waals surface area contributed by atoms with Crippen LogP contribution < -0.4 is 14.4 Å². The highest BCUT2D eigenvalue weighted by Gasteiger charge is 2.21. The summed E-state index contributed by atoms with van der Waals surface area (Å²) in [5, 5.41) is 3.57. The van der Waals surface area contributed by atoms with Gasteiger partial charge in [-0.3, -0.25) is 9.10 Å². The van der Waals surface area contributed by atoms with Crippen molar-refractivity contribution in [3.63, 3.8) is 0 Å². The highest BCUT2D eigenvalue weighted by Crippen LogP contribution is 2.29. The monoisotopic (exact) mass is 534 g/mol. The lowest BCUT2D eigenvalue weighted by molar-refractivity contribution is 0.0947. The molecule has 3 aromatic rings. The van der Waals surface area contributed by atoms with Gasteiger partial charge < -0.3 is 10.1 Å². The van der Waals surface area contributed by atoms with Gasteiger partial charge in [0.2, 0.25) is 10.0 Å². The van der Waals surface area contributed by atoms with E-state index in [-0.39, 0.29) is 12.5 Å². The number of amides is 1. The van der Waals surface area contributed by atoms with Crippen molar-refractivity contribution in [2.24, 2.45) is 0 Å². The molecule has 0 heterocycles. The minimum Gasteiger partial charge on any atom is -0.491 e. The summed E-state index contributed by atoms with van der Waals surface area (Å²) in [6.45, 7) is 4.82. The number of nitrogens with zero attached hydrogens (tertiary/aromatic N) is 1. The van der Waals surface area contributed by atoms with Gasteiger partial charge >= 0.3 is 0 Å². The third-order valence-corrected chi connectivity index (χ3v) is 7.22. The molecular weight excluding hydrogens is 507 g/mol. The van der Waals surface area contributed by atoms with Crippen LogP contribution in [-0.2, 0) is 16.6 Å². The molecule has 1 amide bonds. The first-order valence-electron chi connectivity index (χ1n) is 11.1. The summed E-state index contributed by atoms with van der Waals surface area (Å²) >= 11 is 12.5. The molecule has 0 spiro atoms. The molecule has 0 bridgehead atoms. The summed E-state index contributed by atoms with van der Waals surface area (Å²) in [5.74, 6) is 0.859. The van der Waals surface area contributed by atoms with Crippen LogP contribution in [0.15, 0.2) is 66.7 Å². The number of nitrogens with one attached hydrogen (secondary N) is 1. The predicted octanol–water partition coefficient (Wildman–Crippen LogP) is 5.89. The van der Waals surface area contributed by atoms with E-state index >= 15 is 0 Å². The molecule has 1 N–H and O–H groups in total. The van der Waals surface area contributed by atoms with Gasteiger partial charge in [-0.1, -0.05) is 61.3 Å². The van der Waals surface area contributed by atoms with Crippen molar-refractivity contribution in [1.82, 2.24) is 5.32 Å². The molecule has 9 heteroatoms. The molecule has 3 aromatic carbocycles. The number of anilines is 1. The average molecular weight is 535 g/mol. The maximum absolute atomic E-state index is 12.6. The van der Waals surface area contributed by atoms with Gasteiger partial charge in [0.25, 0.3) is 5.91 Å². The Labute approximate surface area is 216 Å². The molecular formula is C26H28Cl2N2O4S. The predicted molar refractivity (Wildman–Crippen MR) is 142 cm³/mol. The molecule has 6 nitrogen and oxygen atoms in total. The lowest BCUT2D eigenvalue weighted by Crippen LogP contribution is -2.30. The van der Waals surface area contributed by atoms with E-state index in [4.69, 9.17) is 27.9 Å². The Morgan fingerprint density at radius 3 is 2.20 bits per heavy atom. The number of ether oxygens (including phenoxy) is 1. The SMILES string of the molecule is CC(C)c1ccccc1OCCNC(=O)c1ccc(N(Cc2c(Cl)cccc2Cl)S(C)(=O)=O)cc1. The van der Waals surface area contributed by atoms with Crippen LogP contribution in [0.4, 0.5) is 5.69 Å². The number of carbonyl (C=O) groups excluding carboxylic acids is 1. The Balaban J connectivity index is 1.64. The zero-order chi connectivity index (χ0) is 25.6. The van der Waals surface area contributed by atoms with Crippen LogP contribution in [0.1, 0.15) is 41.3 Å². The van der Waals surface area contributed by atoms with Gasteiger partial charge in [-0.2, -0.15) is 0 Å². The molecule has 3 rings (SSSR count). The topological polar surface area (TPSA) is 75.7 Å². The first-order valence-corrected chi connectivity index (χ1v) is 13.7. The van der Waals surface area contributed by atoms with Crippen molar-refractivity contribution in [3.05, 3.63) is 93.5 Å². The van der Waals surface area contributed by atoms with Crippen LogP contribution in [0.3, 0.4) is 0 Å². The summed E-state index contributed by atoms with van der Waals surface area (Å²) in [6, 6.07) is 19.1. The quantitative estimate of drug-likeness (QED) is 0.329. The highest BCUT2D eigenvalue weighted by molar-refractivity contribution is 7.92. The minimum absolute atomic E-state index is 0.0297. The number of rotatable bonds is 10. The molecule has 0 unspecified atom stereocenters. The third-order valence-electron chi connectivity index (χ3n) is 5.37. The molecule has 186 valence electrons. The Kier molecular flexibility index (Phi) is 9.05. The standard InChI is InChI=1S/C26H28Cl2N2O4S/c1-18(2)21-7-4-5-10-25(21)34-16-15-29-26(31)19-11-13-20(14-12-19)30(35(3,32)33)17-22-23(27)8-6-9-24(22)28/h4-14,18H,15-17H2,1-3H3,(H,29,31). The summed E-state index contributed by atoms with van der Waals surface area (Å²) < 4.78 is 32.0. The van der Waals surface area contributed by atoms with E-state index in [1.165, 1.54) is 4.31 Å². The highest BCUT2D eigenvalue weighted by atomic mass is 35.5. The van der Waals surface area contributed by atoms with Crippen LogP contribution in [0, 0.1) is 0 Å². The zero-order valence-corrected chi connectivity index (χ0v) is 22.1. The van der Waals surface area contributed by atoms with E-state index in [0.717, 1.165) is 17.6 Å². The second kappa shape index (κ2) is 11.8. The Hall–Kier alpha value is -2.74. The van der Waals surface area contributed by atoms with Gasteiger partial charge in [0.1, 0.15) is 12.4 Å². The van der Waals surface area contributed by atoms with Crippen LogP contribution >= 0.6 is 23.2 Å². The van der Waals surface area contributed by atoms with Gasteiger partial charge in [0.05, 0.1) is 25.0 Å². The number of benzene rings is 3. The molecule has 0 fully saturated rings. The third kappa shape index (κ3) is 7.13. The normalized spacial score (nSPS) is 11.4. The summed E-state index contributed by atoms with van der Waals surface area (Å²) in [5.41, 5.74) is 2.42. The van der Waals surface area contributed by atoms with E-state index < -0.39 is 10.0 Å². The second-order valence-corrected chi connectivity index (χ2v) is 11.0. The average Bonchev–Trinajstić information content (AvgIpc) is 2.81. The molecule has 0 aliphatic heterocycles. The molecule has 0 saturated carbocycles. The van der Waals surface area contributed by atoms with E-state index in [1.54, 1.807) is 42.5 Å². The molecule has 35 heavy (non-hydrogen) atoms. The van der Waals surface area contributed by atoms with Crippen molar-refractivity contribution in [2.45, 2.75) is 26.3 Å². The number of hydrogen-bond donors (Lipinski definition) is 1. The molecule has 0 aliphatic rings. The lowest BCUT2D eigenvalue weighted by atomic mass is 10.0. The number of halogens is 2. The Bertz CT molecular complexity index is 1260. The molecule has 0 aliphatic carbocycles. The lowest BCUT2D eigenvalue weighted by Gasteiger charge is -2.23. The maximum atomic E-state index is 12.6. The summed E-state index contributed by atoms with van der Waals surface area (Å²) in [7, 11) is -3.64. The number of sulfonamides is 1. The number of hydrogen-bond acceptors (Lipinski definition) is 4. The molecule has 0 aromatic heterocycles. The van der Waals surface area contributed by atoms with E-state index in [9.17, 15) is 13.2 Å². The zero-order valence-electron chi connectivity index (χ0n) is 19.8. The van der Waals surface area contributed by atoms with E-state index in [0.29, 0.717) is 45.9 Å². The van der Waals surface area contributed by atoms with Crippen LogP contribution in [0.5, 0.6) is 5.75 Å². The Morgan fingerprint density at radius 1 is 0.971 bits per heavy atom. The van der Waals surface area contributed by atoms with Gasteiger partial charge in [-0.05, 0) is 53.9 Å². The first-order chi connectivity index (χ1) is 16.6. The van der Waals surface area contributed by atoms with Gasteiger partial charge in [0.15, 0.2) is 0 Å². The molecule has 0 saturated heterocycles. The van der Waals surface area contributed by atoms with Crippen molar-refractivity contribution in [3.8, 4) is 5.75 Å². The smallest absolute Gasteiger partial charge is 0.251 e. The van der Waals surface area contributed by atoms with E-state index in [2.05, 4.69) is 19.2 Å². The summed E-state index contributed by atoms with van der Waals surface area (Å²) in [4.78, 5) is 12.6. The van der Waals surface area contributed by atoms with Crippen LogP contribution in [-0.4, -0.2) is 33.7 Å². The van der Waals surface area contributed by atoms with Gasteiger partial charge in [-0.15, -0.1) is 0 Å². The van der Waals surface area contributed by atoms with Gasteiger partial charge in [-0.25, -0.2) is 8.42 Å². The van der Waals surface area contributed by atoms with Crippen molar-refractivity contribution >= 4 is 44.8 Å². The van der Waals surface area contributed by atoms with Crippen molar-refractivity contribution in [2.75, 3.05) is 23.7 Å². The summed E-state index contributed by atoms with van der Waals surface area (Å²) in [6.07, 6.45) is 1.11. The number of carbonyl (C=O) groups is 1. The van der Waals surface area contributed by atoms with Crippen LogP contribution in [0.25, 0.3) is 0 Å². The minimum atomic E-state index is -3.64. The van der Waals surface area contributed by atoms with E-state index in [1.807, 2.05) is 24.3 Å². The number of para-hydroxylation sites is 1. The van der Waals surface area contributed by atoms with Crippen molar-refractivity contribution < 1.29 is 17.9 Å². The first kappa shape index (κ1) is 26.9. The van der Waals surface area contributed by atoms with Crippen LogP contribution in [0.2, 0.25) is 10.0 Å².